The van der Waals surface area contributed by atoms with E-state index in [2.05, 4.69) is 20.3 Å². The zero-order valence-corrected chi connectivity index (χ0v) is 11.8. The lowest BCUT2D eigenvalue weighted by atomic mass is 10.2. The molecule has 2 heterocycles. The SMILES string of the molecule is CC(C)Oc1cncc(NCc2cc(C(=O)O)ccn2)n1. The Labute approximate surface area is 122 Å². The average Bonchev–Trinajstić information content (AvgIpc) is 2.45. The molecule has 0 aliphatic carbocycles. The molecule has 2 N–H and O–H groups in total. The summed E-state index contributed by atoms with van der Waals surface area (Å²) in [6.07, 6.45) is 4.58. The summed E-state index contributed by atoms with van der Waals surface area (Å²) < 4.78 is 5.45. The number of aromatic nitrogens is 3. The minimum Gasteiger partial charge on any atom is -0.478 e. The molecular formula is C14H16N4O3. The van der Waals surface area contributed by atoms with Gasteiger partial charge in [0.2, 0.25) is 5.88 Å². The summed E-state index contributed by atoms with van der Waals surface area (Å²) in [7, 11) is 0. The number of rotatable bonds is 6. The van der Waals surface area contributed by atoms with Gasteiger partial charge in [-0.3, -0.25) is 9.97 Å². The van der Waals surface area contributed by atoms with Gasteiger partial charge in [-0.05, 0) is 26.0 Å². The fourth-order valence-corrected chi connectivity index (χ4v) is 1.62. The van der Waals surface area contributed by atoms with Crippen molar-refractivity contribution in [3.05, 3.63) is 42.0 Å². The molecule has 0 saturated heterocycles. The van der Waals surface area contributed by atoms with Crippen LogP contribution in [-0.2, 0) is 6.54 Å². The Morgan fingerprint density at radius 3 is 2.95 bits per heavy atom. The van der Waals surface area contributed by atoms with Crippen LogP contribution in [0.25, 0.3) is 0 Å². The van der Waals surface area contributed by atoms with Crippen molar-refractivity contribution in [1.29, 1.82) is 0 Å². The number of carboxylic acid groups (broad SMARTS) is 1. The van der Waals surface area contributed by atoms with Crippen LogP contribution in [0.3, 0.4) is 0 Å². The number of aromatic carboxylic acids is 1. The summed E-state index contributed by atoms with van der Waals surface area (Å²) in [5.74, 6) is -0.0105. The Kier molecular flexibility index (Phi) is 4.65. The van der Waals surface area contributed by atoms with Crippen molar-refractivity contribution in [2.24, 2.45) is 0 Å². The number of pyridine rings is 1. The number of ether oxygens (including phenoxy) is 1. The summed E-state index contributed by atoms with van der Waals surface area (Å²) in [5, 5.41) is 12.0. The lowest BCUT2D eigenvalue weighted by Gasteiger charge is -2.10. The first kappa shape index (κ1) is 14.7. The number of hydrogen-bond donors (Lipinski definition) is 2. The van der Waals surface area contributed by atoms with Crippen molar-refractivity contribution in [1.82, 2.24) is 15.0 Å². The summed E-state index contributed by atoms with van der Waals surface area (Å²) in [5.41, 5.74) is 0.802. The molecular weight excluding hydrogens is 272 g/mol. The highest BCUT2D eigenvalue weighted by atomic mass is 16.5. The topological polar surface area (TPSA) is 97.2 Å². The zero-order valence-electron chi connectivity index (χ0n) is 11.8. The number of carboxylic acids is 1. The van der Waals surface area contributed by atoms with Crippen LogP contribution >= 0.6 is 0 Å². The molecule has 7 nitrogen and oxygen atoms in total. The normalized spacial score (nSPS) is 10.4. The van der Waals surface area contributed by atoms with E-state index >= 15 is 0 Å². The van der Waals surface area contributed by atoms with E-state index in [0.29, 0.717) is 23.9 Å². The molecule has 2 rings (SSSR count). The maximum atomic E-state index is 10.9. The second-order valence-corrected chi connectivity index (χ2v) is 4.60. The van der Waals surface area contributed by atoms with E-state index in [1.807, 2.05) is 13.8 Å². The number of carbonyl (C=O) groups is 1. The predicted octanol–water partition coefficient (Wildman–Crippen LogP) is 1.97. The fourth-order valence-electron chi connectivity index (χ4n) is 1.62. The molecule has 0 atom stereocenters. The van der Waals surface area contributed by atoms with E-state index in [0.717, 1.165) is 0 Å². The molecule has 7 heteroatoms. The quantitative estimate of drug-likeness (QED) is 0.838. The van der Waals surface area contributed by atoms with E-state index in [4.69, 9.17) is 9.84 Å². The lowest BCUT2D eigenvalue weighted by Crippen LogP contribution is -2.09. The van der Waals surface area contributed by atoms with Gasteiger partial charge >= 0.3 is 5.97 Å². The van der Waals surface area contributed by atoms with Crippen LogP contribution < -0.4 is 10.1 Å². The van der Waals surface area contributed by atoms with Crippen LogP contribution in [-0.4, -0.2) is 32.1 Å². The molecule has 0 aliphatic heterocycles. The number of anilines is 1. The van der Waals surface area contributed by atoms with Gasteiger partial charge in [0, 0.05) is 6.20 Å². The second kappa shape index (κ2) is 6.65. The van der Waals surface area contributed by atoms with Gasteiger partial charge in [-0.1, -0.05) is 0 Å². The van der Waals surface area contributed by atoms with E-state index in [1.54, 1.807) is 6.20 Å². The molecule has 0 aromatic carbocycles. The maximum absolute atomic E-state index is 10.9. The molecule has 0 aliphatic rings. The van der Waals surface area contributed by atoms with Gasteiger partial charge in [0.05, 0.1) is 36.3 Å². The van der Waals surface area contributed by atoms with Crippen LogP contribution in [0, 0.1) is 0 Å². The number of nitrogens with one attached hydrogen (secondary N) is 1. The molecule has 0 amide bonds. The number of hydrogen-bond acceptors (Lipinski definition) is 6. The molecule has 0 unspecified atom stereocenters. The van der Waals surface area contributed by atoms with Crippen molar-refractivity contribution < 1.29 is 14.6 Å². The molecule has 0 saturated carbocycles. The highest BCUT2D eigenvalue weighted by Gasteiger charge is 2.05. The van der Waals surface area contributed by atoms with Gasteiger partial charge < -0.3 is 15.2 Å². The molecule has 2 aromatic rings. The van der Waals surface area contributed by atoms with Crippen molar-refractivity contribution >= 4 is 11.8 Å². The van der Waals surface area contributed by atoms with Gasteiger partial charge in [-0.2, -0.15) is 4.98 Å². The lowest BCUT2D eigenvalue weighted by molar-refractivity contribution is 0.0696. The maximum Gasteiger partial charge on any atom is 0.335 e. The minimum atomic E-state index is -0.981. The van der Waals surface area contributed by atoms with Gasteiger partial charge in [0.25, 0.3) is 0 Å². The van der Waals surface area contributed by atoms with Crippen LogP contribution in [0.4, 0.5) is 5.82 Å². The molecule has 0 radical (unpaired) electrons. The highest BCUT2D eigenvalue weighted by molar-refractivity contribution is 5.87. The first-order valence-electron chi connectivity index (χ1n) is 6.45. The van der Waals surface area contributed by atoms with Crippen LogP contribution in [0.2, 0.25) is 0 Å². The Morgan fingerprint density at radius 1 is 1.43 bits per heavy atom. The van der Waals surface area contributed by atoms with E-state index in [9.17, 15) is 4.79 Å². The zero-order chi connectivity index (χ0) is 15.2. The Morgan fingerprint density at radius 2 is 2.24 bits per heavy atom. The number of nitrogens with zero attached hydrogens (tertiary/aromatic N) is 3. The Bertz CT molecular complexity index is 631. The van der Waals surface area contributed by atoms with Crippen LogP contribution in [0.5, 0.6) is 5.88 Å². The Balaban J connectivity index is 2.02. The monoisotopic (exact) mass is 288 g/mol. The third kappa shape index (κ3) is 4.41. The van der Waals surface area contributed by atoms with Crippen LogP contribution in [0.15, 0.2) is 30.7 Å². The van der Waals surface area contributed by atoms with E-state index in [1.165, 1.54) is 24.5 Å². The van der Waals surface area contributed by atoms with Gasteiger partial charge in [0.15, 0.2) is 0 Å². The minimum absolute atomic E-state index is 0.0171. The molecule has 2 aromatic heterocycles. The smallest absolute Gasteiger partial charge is 0.335 e. The van der Waals surface area contributed by atoms with Crippen molar-refractivity contribution in [3.8, 4) is 5.88 Å². The Hall–Kier alpha value is -2.70. The van der Waals surface area contributed by atoms with Crippen LogP contribution in [0.1, 0.15) is 29.9 Å². The third-order valence-corrected chi connectivity index (χ3v) is 2.48. The second-order valence-electron chi connectivity index (χ2n) is 4.60. The predicted molar refractivity (Wildman–Crippen MR) is 76.3 cm³/mol. The largest absolute Gasteiger partial charge is 0.478 e. The summed E-state index contributed by atoms with van der Waals surface area (Å²) in [6.45, 7) is 4.16. The van der Waals surface area contributed by atoms with Gasteiger partial charge in [-0.25, -0.2) is 4.79 Å². The standard InChI is InChI=1S/C14H16N4O3/c1-9(2)21-13-8-15-7-12(18-13)17-6-11-5-10(14(19)20)3-4-16-11/h3-5,7-9H,6H2,1-2H3,(H,17,18)(H,19,20). The molecule has 110 valence electrons. The summed E-state index contributed by atoms with van der Waals surface area (Å²) >= 11 is 0. The third-order valence-electron chi connectivity index (χ3n) is 2.48. The van der Waals surface area contributed by atoms with Crippen molar-refractivity contribution in [3.63, 3.8) is 0 Å². The highest BCUT2D eigenvalue weighted by Crippen LogP contribution is 2.12. The summed E-state index contributed by atoms with van der Waals surface area (Å²) in [6, 6.07) is 2.96. The average molecular weight is 288 g/mol. The van der Waals surface area contributed by atoms with E-state index in [-0.39, 0.29) is 11.7 Å². The molecule has 0 spiro atoms. The van der Waals surface area contributed by atoms with E-state index < -0.39 is 5.97 Å². The fraction of sp³-hybridized carbons (Fsp3) is 0.286. The van der Waals surface area contributed by atoms with Gasteiger partial charge in [-0.15, -0.1) is 0 Å². The molecule has 0 bridgehead atoms. The first-order chi connectivity index (χ1) is 10.0. The first-order valence-corrected chi connectivity index (χ1v) is 6.45. The van der Waals surface area contributed by atoms with Crippen molar-refractivity contribution in [2.75, 3.05) is 5.32 Å². The summed E-state index contributed by atoms with van der Waals surface area (Å²) in [4.78, 5) is 23.3. The van der Waals surface area contributed by atoms with Gasteiger partial charge in [0.1, 0.15) is 5.82 Å². The molecule has 21 heavy (non-hydrogen) atoms. The van der Waals surface area contributed by atoms with Crippen molar-refractivity contribution in [2.45, 2.75) is 26.5 Å². The molecule has 0 fully saturated rings.